The predicted molar refractivity (Wildman–Crippen MR) is 65.9 cm³/mol. The Morgan fingerprint density at radius 1 is 1.33 bits per heavy atom. The average Bonchev–Trinajstić information content (AvgIpc) is 1.94. The molecule has 0 saturated carbocycles. The Hall–Kier alpha value is 0.377. The molecule has 0 aromatic rings. The van der Waals surface area contributed by atoms with Gasteiger partial charge < -0.3 is 4.43 Å². The summed E-state index contributed by atoms with van der Waals surface area (Å²) in [5, 5.41) is 0.132. The van der Waals surface area contributed by atoms with Crippen molar-refractivity contribution in [3.63, 3.8) is 0 Å². The molecule has 0 fully saturated rings. The third kappa shape index (κ3) is 6.52. The van der Waals surface area contributed by atoms with Gasteiger partial charge in [-0.25, -0.2) is 0 Å². The molecule has 4 nitrogen and oxygen atoms in total. The number of halogens is 1. The van der Waals surface area contributed by atoms with Crippen LogP contribution in [0.3, 0.4) is 0 Å². The maximum absolute atomic E-state index is 10.6. The summed E-state index contributed by atoms with van der Waals surface area (Å²) in [6, 6.07) is 0. The maximum atomic E-state index is 10.6. The van der Waals surface area contributed by atoms with Gasteiger partial charge in [-0.3, -0.25) is 0 Å². The molecule has 0 aliphatic rings. The fourth-order valence-corrected chi connectivity index (χ4v) is 2.29. The highest BCUT2D eigenvalue weighted by Gasteiger charge is 2.36. The quantitative estimate of drug-likeness (QED) is 0.474. The Balaban J connectivity index is 3.98. The van der Waals surface area contributed by atoms with Crippen LogP contribution in [0.25, 0.3) is 0 Å². The van der Waals surface area contributed by atoms with Crippen LogP contribution in [0.2, 0.25) is 18.1 Å². The molecule has 0 unspecified atom stereocenters. The van der Waals surface area contributed by atoms with E-state index in [1.807, 2.05) is 0 Å². The minimum atomic E-state index is -3.62. The number of rotatable bonds is 5. The van der Waals surface area contributed by atoms with Crippen molar-refractivity contribution in [2.24, 2.45) is 0 Å². The second kappa shape index (κ2) is 5.14. The average molecular weight is 274 g/mol. The Labute approximate surface area is 98.0 Å². The SMILES string of the molecule is CC(C)(C)[Si](C)(C)OCCNS(=O)(=O)Cl. The molecule has 0 spiro atoms. The van der Waals surface area contributed by atoms with Crippen molar-refractivity contribution in [1.29, 1.82) is 0 Å². The highest BCUT2D eigenvalue weighted by Crippen LogP contribution is 2.36. The molecule has 0 radical (unpaired) electrons. The first kappa shape index (κ1) is 15.4. The smallest absolute Gasteiger partial charge is 0.297 e. The Bertz CT molecular complexity index is 297. The highest BCUT2D eigenvalue weighted by molar-refractivity contribution is 8.12. The fraction of sp³-hybridized carbons (Fsp3) is 1.00. The molecule has 0 saturated heterocycles. The minimum Gasteiger partial charge on any atom is -0.415 e. The van der Waals surface area contributed by atoms with E-state index in [9.17, 15) is 8.42 Å². The highest BCUT2D eigenvalue weighted by atomic mass is 35.7. The van der Waals surface area contributed by atoms with Crippen LogP contribution in [0.5, 0.6) is 0 Å². The van der Waals surface area contributed by atoms with Gasteiger partial charge in [0.15, 0.2) is 8.32 Å². The Kier molecular flexibility index (Phi) is 5.27. The minimum absolute atomic E-state index is 0.132. The molecule has 0 aromatic carbocycles. The zero-order valence-corrected chi connectivity index (χ0v) is 12.5. The zero-order valence-electron chi connectivity index (χ0n) is 9.93. The van der Waals surface area contributed by atoms with Crippen molar-refractivity contribution in [2.45, 2.75) is 38.9 Å². The van der Waals surface area contributed by atoms with Crippen LogP contribution in [-0.4, -0.2) is 29.9 Å². The standard InChI is InChI=1S/C8H20ClNO3SSi/c1-8(2,3)15(4,5)13-7-6-10-14(9,11)12/h10H,6-7H2,1-5H3. The molecular formula is C8H20ClNO3SSi. The van der Waals surface area contributed by atoms with E-state index in [1.54, 1.807) is 0 Å². The Morgan fingerprint density at radius 2 is 1.80 bits per heavy atom. The van der Waals surface area contributed by atoms with Gasteiger partial charge in [0.2, 0.25) is 0 Å². The van der Waals surface area contributed by atoms with Gasteiger partial charge in [0, 0.05) is 23.8 Å². The van der Waals surface area contributed by atoms with Crippen LogP contribution in [0.1, 0.15) is 20.8 Å². The second-order valence-electron chi connectivity index (χ2n) is 4.94. The normalized spacial score (nSPS) is 14.3. The van der Waals surface area contributed by atoms with Crippen molar-refractivity contribution in [2.75, 3.05) is 13.2 Å². The summed E-state index contributed by atoms with van der Waals surface area (Å²) in [6.45, 7) is 11.2. The van der Waals surface area contributed by atoms with E-state index >= 15 is 0 Å². The second-order valence-corrected chi connectivity index (χ2v) is 12.1. The van der Waals surface area contributed by atoms with E-state index in [4.69, 9.17) is 15.1 Å². The van der Waals surface area contributed by atoms with Gasteiger partial charge in [-0.05, 0) is 18.1 Å². The van der Waals surface area contributed by atoms with Crippen molar-refractivity contribution in [3.8, 4) is 0 Å². The Morgan fingerprint density at radius 3 is 2.13 bits per heavy atom. The van der Waals surface area contributed by atoms with Crippen LogP contribution in [0, 0.1) is 0 Å². The molecule has 1 N–H and O–H groups in total. The number of hydrogen-bond donors (Lipinski definition) is 1. The van der Waals surface area contributed by atoms with Crippen molar-refractivity contribution in [1.82, 2.24) is 4.72 Å². The lowest BCUT2D eigenvalue weighted by Gasteiger charge is -2.36. The third-order valence-corrected chi connectivity index (χ3v) is 8.06. The summed E-state index contributed by atoms with van der Waals surface area (Å²) in [6.07, 6.45) is 0. The molecule has 0 rings (SSSR count). The molecule has 0 bridgehead atoms. The topological polar surface area (TPSA) is 55.4 Å². The summed E-state index contributed by atoms with van der Waals surface area (Å²) >= 11 is 0. The summed E-state index contributed by atoms with van der Waals surface area (Å²) in [7, 11) is -0.409. The lowest BCUT2D eigenvalue weighted by atomic mass is 10.2. The van der Waals surface area contributed by atoms with Crippen LogP contribution in [0.4, 0.5) is 0 Å². The van der Waals surface area contributed by atoms with E-state index in [0.717, 1.165) is 0 Å². The molecular weight excluding hydrogens is 254 g/mol. The van der Waals surface area contributed by atoms with E-state index in [1.165, 1.54) is 0 Å². The first-order valence-corrected chi connectivity index (χ1v) is 10.0. The molecule has 7 heteroatoms. The van der Waals surface area contributed by atoms with Crippen molar-refractivity contribution in [3.05, 3.63) is 0 Å². The summed E-state index contributed by atoms with van der Waals surface area (Å²) in [5.74, 6) is 0. The molecule has 0 atom stereocenters. The summed E-state index contributed by atoms with van der Waals surface area (Å²) in [4.78, 5) is 0. The van der Waals surface area contributed by atoms with Crippen LogP contribution < -0.4 is 4.72 Å². The van der Waals surface area contributed by atoms with Gasteiger partial charge in [0.25, 0.3) is 9.24 Å². The first-order chi connectivity index (χ1) is 6.46. The first-order valence-electron chi connectivity index (χ1n) is 4.79. The van der Waals surface area contributed by atoms with Crippen LogP contribution >= 0.6 is 10.7 Å². The van der Waals surface area contributed by atoms with Crippen LogP contribution in [0.15, 0.2) is 0 Å². The van der Waals surface area contributed by atoms with Crippen molar-refractivity contribution < 1.29 is 12.8 Å². The molecule has 15 heavy (non-hydrogen) atoms. The van der Waals surface area contributed by atoms with Gasteiger partial charge in [-0.2, -0.15) is 13.1 Å². The van der Waals surface area contributed by atoms with Gasteiger partial charge in [-0.1, -0.05) is 20.8 Å². The van der Waals surface area contributed by atoms with Gasteiger partial charge in [0.05, 0.1) is 0 Å². The van der Waals surface area contributed by atoms with Crippen molar-refractivity contribution >= 4 is 28.2 Å². The largest absolute Gasteiger partial charge is 0.415 e. The fourth-order valence-electron chi connectivity index (χ4n) is 0.686. The molecule has 0 aromatic heterocycles. The molecule has 0 aliphatic carbocycles. The monoisotopic (exact) mass is 273 g/mol. The van der Waals surface area contributed by atoms with Crippen LogP contribution in [-0.2, 0) is 13.7 Å². The molecule has 0 aliphatic heterocycles. The summed E-state index contributed by atoms with van der Waals surface area (Å²) in [5.41, 5.74) is 0. The van der Waals surface area contributed by atoms with E-state index < -0.39 is 17.6 Å². The van der Waals surface area contributed by atoms with E-state index in [0.29, 0.717) is 6.61 Å². The zero-order chi connectivity index (χ0) is 12.3. The van der Waals surface area contributed by atoms with E-state index in [-0.39, 0.29) is 11.6 Å². The predicted octanol–water partition coefficient (Wildman–Crippen LogP) is 2.08. The van der Waals surface area contributed by atoms with E-state index in [2.05, 4.69) is 38.6 Å². The van der Waals surface area contributed by atoms with Gasteiger partial charge in [0.1, 0.15) is 0 Å². The molecule has 92 valence electrons. The third-order valence-electron chi connectivity index (χ3n) is 2.65. The molecule has 0 amide bonds. The van der Waals surface area contributed by atoms with Gasteiger partial charge >= 0.3 is 0 Å². The maximum Gasteiger partial charge on any atom is 0.297 e. The van der Waals surface area contributed by atoms with Gasteiger partial charge in [-0.15, -0.1) is 0 Å². The lowest BCUT2D eigenvalue weighted by Crippen LogP contribution is -2.42. The number of hydrogen-bond acceptors (Lipinski definition) is 3. The lowest BCUT2D eigenvalue weighted by molar-refractivity contribution is 0.293. The number of nitrogens with one attached hydrogen (secondary N) is 1. The molecule has 0 heterocycles. The summed E-state index contributed by atoms with van der Waals surface area (Å²) < 4.78 is 29.0.